The van der Waals surface area contributed by atoms with E-state index in [4.69, 9.17) is 26.2 Å². The topological polar surface area (TPSA) is 128 Å². The van der Waals surface area contributed by atoms with Gasteiger partial charge >= 0.3 is 11.9 Å². The monoisotopic (exact) mass is 469 g/mol. The number of aryl methyl sites for hydroxylation is 1. The number of nitriles is 1. The Morgan fingerprint density at radius 2 is 1.66 bits per heavy atom. The van der Waals surface area contributed by atoms with Crippen LogP contribution in [-0.2, 0) is 16.0 Å². The number of nitrogen functional groups attached to an aromatic ring is 2. The van der Waals surface area contributed by atoms with Gasteiger partial charge in [0.1, 0.15) is 5.75 Å². The number of carbonyl (C=O) groups excluding carboxylic acids is 2. The molecule has 0 aromatic heterocycles. The van der Waals surface area contributed by atoms with Crippen LogP contribution in [0.15, 0.2) is 72.8 Å². The molecule has 178 valence electrons. The van der Waals surface area contributed by atoms with E-state index in [0.717, 1.165) is 36.8 Å². The van der Waals surface area contributed by atoms with Gasteiger partial charge in [0.2, 0.25) is 0 Å². The smallest absolute Gasteiger partial charge is 0.343 e. The van der Waals surface area contributed by atoms with Crippen LogP contribution in [0.1, 0.15) is 46.3 Å². The Kier molecular flexibility index (Phi) is 9.03. The molecule has 3 rings (SSSR count). The highest BCUT2D eigenvalue weighted by Crippen LogP contribution is 2.18. The predicted molar refractivity (Wildman–Crippen MR) is 135 cm³/mol. The Hall–Kier alpha value is -4.57. The van der Waals surface area contributed by atoms with Crippen molar-refractivity contribution in [2.45, 2.75) is 25.7 Å². The first-order chi connectivity index (χ1) is 16.9. The summed E-state index contributed by atoms with van der Waals surface area (Å²) in [5, 5.41) is 8.82. The molecule has 4 N–H and O–H groups in total. The van der Waals surface area contributed by atoms with Gasteiger partial charge in [-0.15, -0.1) is 0 Å². The first-order valence-corrected chi connectivity index (χ1v) is 11.3. The van der Waals surface area contributed by atoms with Crippen molar-refractivity contribution in [2.75, 3.05) is 18.1 Å². The van der Waals surface area contributed by atoms with E-state index >= 15 is 0 Å². The normalized spacial score (nSPS) is 10.6. The van der Waals surface area contributed by atoms with Gasteiger partial charge < -0.3 is 20.9 Å². The molecular formula is C28H27N3O4. The highest BCUT2D eigenvalue weighted by atomic mass is 16.5. The van der Waals surface area contributed by atoms with Crippen molar-refractivity contribution in [1.29, 1.82) is 5.26 Å². The fourth-order valence-corrected chi connectivity index (χ4v) is 3.31. The minimum atomic E-state index is -0.515. The van der Waals surface area contributed by atoms with Gasteiger partial charge in [-0.05, 0) is 91.4 Å². The Morgan fingerprint density at radius 3 is 2.34 bits per heavy atom. The van der Waals surface area contributed by atoms with Gasteiger partial charge in [-0.1, -0.05) is 18.2 Å². The average molecular weight is 470 g/mol. The Morgan fingerprint density at radius 1 is 0.914 bits per heavy atom. The molecule has 0 bridgehead atoms. The van der Waals surface area contributed by atoms with Crippen LogP contribution in [0.25, 0.3) is 6.08 Å². The van der Waals surface area contributed by atoms with Crippen LogP contribution in [0, 0.1) is 11.3 Å². The van der Waals surface area contributed by atoms with Crippen molar-refractivity contribution in [2.24, 2.45) is 0 Å². The van der Waals surface area contributed by atoms with Gasteiger partial charge in [-0.3, -0.25) is 0 Å². The molecule has 0 saturated heterocycles. The SMILES string of the molecule is N#Cc1ccc(C(=O)Oc2ccc(C=CC(=O)OCCCCCc3ccc(N)cc3N)cc2)cc1. The second-order valence-electron chi connectivity index (χ2n) is 7.92. The summed E-state index contributed by atoms with van der Waals surface area (Å²) >= 11 is 0. The third-order valence-electron chi connectivity index (χ3n) is 5.26. The number of rotatable bonds is 10. The van der Waals surface area contributed by atoms with E-state index in [1.807, 2.05) is 18.2 Å². The molecule has 0 saturated carbocycles. The molecule has 0 unspecified atom stereocenters. The lowest BCUT2D eigenvalue weighted by Gasteiger charge is -2.07. The number of hydrogen-bond acceptors (Lipinski definition) is 7. The lowest BCUT2D eigenvalue weighted by molar-refractivity contribution is -0.137. The first-order valence-electron chi connectivity index (χ1n) is 11.3. The maximum absolute atomic E-state index is 12.2. The Balaban J connectivity index is 1.35. The van der Waals surface area contributed by atoms with Crippen LogP contribution in [0.2, 0.25) is 0 Å². The highest BCUT2D eigenvalue weighted by Gasteiger charge is 2.08. The van der Waals surface area contributed by atoms with Crippen LogP contribution < -0.4 is 16.2 Å². The zero-order chi connectivity index (χ0) is 25.0. The Bertz CT molecular complexity index is 1230. The lowest BCUT2D eigenvalue weighted by atomic mass is 10.0. The van der Waals surface area contributed by atoms with Gasteiger partial charge in [0, 0.05) is 17.5 Å². The van der Waals surface area contributed by atoms with Crippen molar-refractivity contribution in [3.8, 4) is 11.8 Å². The van der Waals surface area contributed by atoms with Gasteiger partial charge in [0.05, 0.1) is 23.8 Å². The van der Waals surface area contributed by atoms with Crippen molar-refractivity contribution in [1.82, 2.24) is 0 Å². The summed E-state index contributed by atoms with van der Waals surface area (Å²) in [6.45, 7) is 0.352. The van der Waals surface area contributed by atoms with Gasteiger partial charge in [0.15, 0.2) is 0 Å². The molecule has 35 heavy (non-hydrogen) atoms. The third-order valence-corrected chi connectivity index (χ3v) is 5.26. The van der Waals surface area contributed by atoms with Crippen LogP contribution >= 0.6 is 0 Å². The van der Waals surface area contributed by atoms with E-state index in [2.05, 4.69) is 0 Å². The number of nitrogens with zero attached hydrogens (tertiary/aromatic N) is 1. The molecule has 0 spiro atoms. The van der Waals surface area contributed by atoms with E-state index in [1.165, 1.54) is 6.08 Å². The molecule has 3 aromatic rings. The number of anilines is 2. The van der Waals surface area contributed by atoms with E-state index in [1.54, 1.807) is 60.7 Å². The number of carbonyl (C=O) groups is 2. The minimum Gasteiger partial charge on any atom is -0.463 e. The van der Waals surface area contributed by atoms with E-state index < -0.39 is 11.9 Å². The van der Waals surface area contributed by atoms with Crippen molar-refractivity contribution >= 4 is 29.4 Å². The second-order valence-corrected chi connectivity index (χ2v) is 7.92. The molecule has 0 radical (unpaired) electrons. The maximum atomic E-state index is 12.2. The molecule has 0 atom stereocenters. The van der Waals surface area contributed by atoms with E-state index in [9.17, 15) is 9.59 Å². The fourth-order valence-electron chi connectivity index (χ4n) is 3.31. The number of benzene rings is 3. The minimum absolute atomic E-state index is 0.352. The number of hydrogen-bond donors (Lipinski definition) is 2. The zero-order valence-electron chi connectivity index (χ0n) is 19.3. The molecule has 7 heteroatoms. The largest absolute Gasteiger partial charge is 0.463 e. The van der Waals surface area contributed by atoms with Crippen molar-refractivity contribution in [3.63, 3.8) is 0 Å². The summed E-state index contributed by atoms with van der Waals surface area (Å²) in [6, 6.07) is 20.5. The Labute approximate surface area is 204 Å². The van der Waals surface area contributed by atoms with E-state index in [-0.39, 0.29) is 0 Å². The molecule has 0 amide bonds. The van der Waals surface area contributed by atoms with E-state index in [0.29, 0.717) is 34.9 Å². The first kappa shape index (κ1) is 25.1. The summed E-state index contributed by atoms with van der Waals surface area (Å²) in [6.07, 6.45) is 6.50. The van der Waals surface area contributed by atoms with Crippen molar-refractivity contribution < 1.29 is 19.1 Å². The standard InChI is InChI=1S/C28H27N3O4/c29-19-21-5-10-23(11-6-21)28(33)35-25-14-7-20(8-15-25)9-16-27(32)34-17-3-1-2-4-22-12-13-24(30)18-26(22)31/h5-16,18H,1-4,17,30-31H2. The summed E-state index contributed by atoms with van der Waals surface area (Å²) in [4.78, 5) is 24.1. The zero-order valence-corrected chi connectivity index (χ0v) is 19.3. The fraction of sp³-hybridized carbons (Fsp3) is 0.179. The lowest BCUT2D eigenvalue weighted by Crippen LogP contribution is -2.08. The van der Waals surface area contributed by atoms with Crippen LogP contribution in [0.3, 0.4) is 0 Å². The molecule has 0 fully saturated rings. The second kappa shape index (κ2) is 12.6. The maximum Gasteiger partial charge on any atom is 0.343 e. The number of esters is 2. The summed E-state index contributed by atoms with van der Waals surface area (Å²) in [7, 11) is 0. The molecule has 3 aromatic carbocycles. The molecular weight excluding hydrogens is 442 g/mol. The van der Waals surface area contributed by atoms with Gasteiger partial charge in [-0.2, -0.15) is 5.26 Å². The molecule has 0 aliphatic rings. The third kappa shape index (κ3) is 8.06. The summed E-state index contributed by atoms with van der Waals surface area (Å²) < 4.78 is 10.6. The van der Waals surface area contributed by atoms with Crippen molar-refractivity contribution in [3.05, 3.63) is 95.1 Å². The highest BCUT2D eigenvalue weighted by molar-refractivity contribution is 5.91. The summed E-state index contributed by atoms with van der Waals surface area (Å²) in [5.74, 6) is -0.554. The molecule has 0 aliphatic heterocycles. The van der Waals surface area contributed by atoms with Crippen LogP contribution in [0.4, 0.5) is 11.4 Å². The average Bonchev–Trinajstić information content (AvgIpc) is 2.86. The van der Waals surface area contributed by atoms with Gasteiger partial charge in [0.25, 0.3) is 0 Å². The number of nitrogens with two attached hydrogens (primary N) is 2. The quantitative estimate of drug-likeness (QED) is 0.142. The van der Waals surface area contributed by atoms with Crippen LogP contribution in [0.5, 0.6) is 5.75 Å². The molecule has 0 heterocycles. The molecule has 0 aliphatic carbocycles. The molecule has 7 nitrogen and oxygen atoms in total. The number of unbranched alkanes of at least 4 members (excludes halogenated alkanes) is 2. The summed E-state index contributed by atoms with van der Waals surface area (Å²) in [5.41, 5.74) is 15.7. The predicted octanol–water partition coefficient (Wildman–Crippen LogP) is 4.91. The van der Waals surface area contributed by atoms with Gasteiger partial charge in [-0.25, -0.2) is 9.59 Å². The van der Waals surface area contributed by atoms with Crippen LogP contribution in [-0.4, -0.2) is 18.5 Å². The number of ether oxygens (including phenoxy) is 2.